The molecular formula is C25H27Br2ClN4O2. The van der Waals surface area contributed by atoms with E-state index in [1.54, 1.807) is 4.90 Å². The molecular weight excluding hydrogens is 584 g/mol. The van der Waals surface area contributed by atoms with E-state index in [1.165, 1.54) is 16.7 Å². The number of amides is 3. The number of aryl methyl sites for hydroxylation is 2. The van der Waals surface area contributed by atoms with Gasteiger partial charge in [-0.2, -0.15) is 0 Å². The zero-order valence-corrected chi connectivity index (χ0v) is 22.8. The molecule has 34 heavy (non-hydrogen) atoms. The van der Waals surface area contributed by atoms with Crippen LogP contribution in [0.4, 0.5) is 4.79 Å². The molecule has 1 aromatic heterocycles. The molecule has 1 aliphatic carbocycles. The van der Waals surface area contributed by atoms with Crippen LogP contribution < -0.4 is 5.32 Å². The van der Waals surface area contributed by atoms with Gasteiger partial charge in [-0.05, 0) is 88.8 Å². The lowest BCUT2D eigenvalue weighted by Gasteiger charge is -2.38. The van der Waals surface area contributed by atoms with Gasteiger partial charge in [0.05, 0.1) is 5.69 Å². The summed E-state index contributed by atoms with van der Waals surface area (Å²) in [4.78, 5) is 33.4. The summed E-state index contributed by atoms with van der Waals surface area (Å²) in [6.07, 6.45) is 6.41. The minimum atomic E-state index is -0.137. The number of nitrogens with zero attached hydrogens (tertiary/aromatic N) is 3. The quantitative estimate of drug-likeness (QED) is 0.524. The lowest BCUT2D eigenvalue weighted by atomic mass is 9.76. The van der Waals surface area contributed by atoms with Gasteiger partial charge in [0.25, 0.3) is 0 Å². The number of hydrogen-bond acceptors (Lipinski definition) is 3. The van der Waals surface area contributed by atoms with E-state index < -0.39 is 0 Å². The predicted octanol–water partition coefficient (Wildman–Crippen LogP) is 5.14. The minimum absolute atomic E-state index is 0.0344. The number of nitrogens with one attached hydrogen (secondary N) is 1. The standard InChI is InChI=1S/C25H27Br2ClN4O2/c26-18-10-17-3-2-16-11-19(28)12-20(27)22(16)23(24(17)30-13-18)15-4-8-31(9-5-15)21(33)14-32-7-1-6-29-25(32)34/h10-13,15,23H,1-9,14H2,(H,29,34)/t23-/m1/s1. The highest BCUT2D eigenvalue weighted by atomic mass is 79.9. The van der Waals surface area contributed by atoms with E-state index in [2.05, 4.69) is 49.3 Å². The average molecular weight is 611 g/mol. The summed E-state index contributed by atoms with van der Waals surface area (Å²) in [5.41, 5.74) is 4.97. The molecule has 0 radical (unpaired) electrons. The summed E-state index contributed by atoms with van der Waals surface area (Å²) >= 11 is 13.8. The zero-order chi connectivity index (χ0) is 23.8. The maximum Gasteiger partial charge on any atom is 0.317 e. The number of halogens is 3. The second-order valence-corrected chi connectivity index (χ2v) is 11.6. The molecule has 1 aromatic carbocycles. The van der Waals surface area contributed by atoms with Crippen LogP contribution in [0, 0.1) is 5.92 Å². The van der Waals surface area contributed by atoms with Crippen molar-refractivity contribution in [2.24, 2.45) is 5.92 Å². The number of aromatic nitrogens is 1. The summed E-state index contributed by atoms with van der Waals surface area (Å²) in [5.74, 6) is 0.550. The molecule has 3 amide bonds. The molecule has 9 heteroatoms. The number of likely N-dealkylation sites (tertiary alicyclic amines) is 1. The van der Waals surface area contributed by atoms with Gasteiger partial charge >= 0.3 is 6.03 Å². The largest absolute Gasteiger partial charge is 0.341 e. The first-order valence-electron chi connectivity index (χ1n) is 11.8. The second kappa shape index (κ2) is 10.2. The number of fused-ring (bicyclic) bond motifs is 2. The number of pyridine rings is 1. The Labute approximate surface area is 221 Å². The van der Waals surface area contributed by atoms with Crippen molar-refractivity contribution in [3.8, 4) is 0 Å². The van der Waals surface area contributed by atoms with Crippen molar-refractivity contribution in [2.45, 2.75) is 38.0 Å². The van der Waals surface area contributed by atoms with E-state index >= 15 is 0 Å². The summed E-state index contributed by atoms with van der Waals surface area (Å²) in [6, 6.07) is 6.14. The number of benzene rings is 1. The smallest absolute Gasteiger partial charge is 0.317 e. The van der Waals surface area contributed by atoms with Gasteiger partial charge in [0.1, 0.15) is 6.54 Å². The Hall–Kier alpha value is -1.64. The molecule has 2 fully saturated rings. The van der Waals surface area contributed by atoms with Crippen LogP contribution in [-0.4, -0.2) is 59.4 Å². The molecule has 0 spiro atoms. The van der Waals surface area contributed by atoms with Crippen molar-refractivity contribution < 1.29 is 9.59 Å². The van der Waals surface area contributed by atoms with Crippen molar-refractivity contribution in [1.82, 2.24) is 20.1 Å². The van der Waals surface area contributed by atoms with Crippen LogP contribution in [0.5, 0.6) is 0 Å². The van der Waals surface area contributed by atoms with E-state index in [1.807, 2.05) is 17.2 Å². The number of carbonyl (C=O) groups excluding carboxylic acids is 2. The van der Waals surface area contributed by atoms with Gasteiger partial charge in [-0.15, -0.1) is 0 Å². The van der Waals surface area contributed by atoms with Crippen molar-refractivity contribution in [1.29, 1.82) is 0 Å². The number of piperidine rings is 1. The monoisotopic (exact) mass is 608 g/mol. The van der Waals surface area contributed by atoms with Gasteiger partial charge in [-0.1, -0.05) is 27.5 Å². The molecule has 2 aliphatic heterocycles. The lowest BCUT2D eigenvalue weighted by molar-refractivity contribution is -0.133. The Kier molecular flexibility index (Phi) is 7.19. The summed E-state index contributed by atoms with van der Waals surface area (Å²) in [5, 5.41) is 3.56. The molecule has 1 atom stereocenters. The Morgan fingerprint density at radius 2 is 1.88 bits per heavy atom. The van der Waals surface area contributed by atoms with Crippen LogP contribution in [0.15, 0.2) is 33.3 Å². The topological polar surface area (TPSA) is 65.5 Å². The minimum Gasteiger partial charge on any atom is -0.341 e. The second-order valence-electron chi connectivity index (χ2n) is 9.36. The predicted molar refractivity (Wildman–Crippen MR) is 139 cm³/mol. The first-order chi connectivity index (χ1) is 16.4. The molecule has 2 aromatic rings. The molecule has 5 rings (SSSR count). The van der Waals surface area contributed by atoms with Gasteiger partial charge in [0.2, 0.25) is 5.91 Å². The summed E-state index contributed by atoms with van der Waals surface area (Å²) < 4.78 is 2.03. The summed E-state index contributed by atoms with van der Waals surface area (Å²) in [6.45, 7) is 2.88. The maximum atomic E-state index is 12.9. The fourth-order valence-corrected chi connectivity index (χ4v) is 7.10. The van der Waals surface area contributed by atoms with Crippen LogP contribution in [0.25, 0.3) is 0 Å². The third-order valence-corrected chi connectivity index (χ3v) is 8.58. The van der Waals surface area contributed by atoms with Gasteiger partial charge < -0.3 is 15.1 Å². The van der Waals surface area contributed by atoms with Crippen molar-refractivity contribution >= 4 is 55.4 Å². The van der Waals surface area contributed by atoms with Crippen molar-refractivity contribution in [3.05, 3.63) is 60.7 Å². The first-order valence-corrected chi connectivity index (χ1v) is 13.8. The van der Waals surface area contributed by atoms with E-state index in [4.69, 9.17) is 16.6 Å². The molecule has 2 saturated heterocycles. The van der Waals surface area contributed by atoms with E-state index in [9.17, 15) is 9.59 Å². The normalized spacial score (nSPS) is 20.9. The third-order valence-electron chi connectivity index (χ3n) is 7.28. The van der Waals surface area contributed by atoms with Crippen LogP contribution in [0.1, 0.15) is 47.6 Å². The lowest BCUT2D eigenvalue weighted by Crippen LogP contribution is -2.51. The van der Waals surface area contributed by atoms with Gasteiger partial charge in [-0.25, -0.2) is 4.79 Å². The Morgan fingerprint density at radius 3 is 2.65 bits per heavy atom. The molecule has 3 aliphatic rings. The Morgan fingerprint density at radius 1 is 1.12 bits per heavy atom. The van der Waals surface area contributed by atoms with Crippen LogP contribution in [0.3, 0.4) is 0 Å². The van der Waals surface area contributed by atoms with Crippen LogP contribution >= 0.6 is 43.5 Å². The highest BCUT2D eigenvalue weighted by Crippen LogP contribution is 2.46. The van der Waals surface area contributed by atoms with E-state index in [0.29, 0.717) is 32.1 Å². The van der Waals surface area contributed by atoms with Crippen molar-refractivity contribution in [3.63, 3.8) is 0 Å². The van der Waals surface area contributed by atoms with E-state index in [0.717, 1.165) is 51.8 Å². The highest BCUT2D eigenvalue weighted by molar-refractivity contribution is 9.10. The molecule has 3 heterocycles. The molecule has 0 bridgehead atoms. The number of carbonyl (C=O) groups is 2. The average Bonchev–Trinajstić information content (AvgIpc) is 2.97. The molecule has 1 N–H and O–H groups in total. The summed E-state index contributed by atoms with van der Waals surface area (Å²) in [7, 11) is 0. The molecule has 180 valence electrons. The zero-order valence-electron chi connectivity index (χ0n) is 18.8. The molecule has 0 saturated carbocycles. The van der Waals surface area contributed by atoms with Gasteiger partial charge in [-0.3, -0.25) is 9.78 Å². The Bertz CT molecular complexity index is 1120. The molecule has 0 unspecified atom stereocenters. The van der Waals surface area contributed by atoms with Gasteiger partial charge in [0.15, 0.2) is 0 Å². The highest BCUT2D eigenvalue weighted by Gasteiger charge is 2.36. The SMILES string of the molecule is O=C(CN1CCCNC1=O)N1CCC([C@H]2c3ncc(Br)cc3CCc3cc(Cl)cc(Br)c32)CC1. The Balaban J connectivity index is 1.38. The van der Waals surface area contributed by atoms with Gasteiger partial charge in [0, 0.05) is 52.3 Å². The van der Waals surface area contributed by atoms with E-state index in [-0.39, 0.29) is 24.4 Å². The van der Waals surface area contributed by atoms with Crippen LogP contribution in [-0.2, 0) is 17.6 Å². The van der Waals surface area contributed by atoms with Crippen LogP contribution in [0.2, 0.25) is 5.02 Å². The maximum absolute atomic E-state index is 12.9. The number of rotatable bonds is 3. The first kappa shape index (κ1) is 24.1. The molecule has 6 nitrogen and oxygen atoms in total. The number of hydrogen-bond donors (Lipinski definition) is 1. The third kappa shape index (κ3) is 4.86. The van der Waals surface area contributed by atoms with Crippen molar-refractivity contribution in [2.75, 3.05) is 32.7 Å². The number of urea groups is 1. The fraction of sp³-hybridized carbons (Fsp3) is 0.480. The fourth-order valence-electron chi connectivity index (χ4n) is 5.61.